The largest absolute Gasteiger partial charge is 0.379 e. The monoisotopic (exact) mass is 275 g/mol. The van der Waals surface area contributed by atoms with Gasteiger partial charge in [0, 0.05) is 11.4 Å². The highest BCUT2D eigenvalue weighted by Crippen LogP contribution is 2.37. The number of ether oxygens (including phenoxy) is 1. The minimum Gasteiger partial charge on any atom is -0.379 e. The highest BCUT2D eigenvalue weighted by molar-refractivity contribution is 9.11. The molecule has 2 nitrogen and oxygen atoms in total. The Morgan fingerprint density at radius 3 is 2.79 bits per heavy atom. The third-order valence-electron chi connectivity index (χ3n) is 2.57. The summed E-state index contributed by atoms with van der Waals surface area (Å²) in [5.74, 6) is 0. The lowest BCUT2D eigenvalue weighted by molar-refractivity contribution is -0.0569. The third kappa shape index (κ3) is 1.89. The summed E-state index contributed by atoms with van der Waals surface area (Å²) in [5, 5.41) is 3.41. The summed E-state index contributed by atoms with van der Waals surface area (Å²) in [4.78, 5) is 1.43. The van der Waals surface area contributed by atoms with Crippen molar-refractivity contribution in [3.63, 3.8) is 0 Å². The van der Waals surface area contributed by atoms with Crippen LogP contribution in [0.1, 0.15) is 11.8 Å². The standard InChI is InChI=1S/C10H14BrNOS/c1-2-12-5-10(6-13-7-10)8-3-4-9(11)14-8/h3-4,12H,2,5-7H2,1H3. The van der Waals surface area contributed by atoms with Crippen LogP contribution in [-0.2, 0) is 10.2 Å². The molecule has 0 spiro atoms. The zero-order valence-corrected chi connectivity index (χ0v) is 10.6. The van der Waals surface area contributed by atoms with Crippen molar-refractivity contribution in [1.29, 1.82) is 0 Å². The first-order valence-corrected chi connectivity index (χ1v) is 6.42. The van der Waals surface area contributed by atoms with Gasteiger partial charge in [-0.05, 0) is 34.6 Å². The van der Waals surface area contributed by atoms with E-state index >= 15 is 0 Å². The predicted octanol–water partition coefficient (Wildman–Crippen LogP) is 2.39. The van der Waals surface area contributed by atoms with E-state index in [9.17, 15) is 0 Å². The molecule has 14 heavy (non-hydrogen) atoms. The van der Waals surface area contributed by atoms with E-state index in [2.05, 4.69) is 40.3 Å². The van der Waals surface area contributed by atoms with Crippen LogP contribution in [0.15, 0.2) is 15.9 Å². The second-order valence-electron chi connectivity index (χ2n) is 3.66. The Bertz CT molecular complexity index is 309. The number of hydrogen-bond donors (Lipinski definition) is 1. The first kappa shape index (κ1) is 10.6. The second-order valence-corrected chi connectivity index (χ2v) is 6.12. The number of hydrogen-bond acceptors (Lipinski definition) is 3. The fourth-order valence-electron chi connectivity index (χ4n) is 1.64. The van der Waals surface area contributed by atoms with E-state index in [0.29, 0.717) is 0 Å². The number of likely N-dealkylation sites (N-methyl/N-ethyl adjacent to an activating group) is 1. The molecule has 0 bridgehead atoms. The van der Waals surface area contributed by atoms with E-state index in [4.69, 9.17) is 4.74 Å². The molecular formula is C10H14BrNOS. The minimum atomic E-state index is 0.243. The van der Waals surface area contributed by atoms with Crippen LogP contribution in [0.5, 0.6) is 0 Å². The zero-order chi connectivity index (χ0) is 10.0. The van der Waals surface area contributed by atoms with Gasteiger partial charge in [-0.2, -0.15) is 0 Å². The normalized spacial score (nSPS) is 19.3. The Balaban J connectivity index is 2.11. The van der Waals surface area contributed by atoms with Crippen molar-refractivity contribution in [2.24, 2.45) is 0 Å². The van der Waals surface area contributed by atoms with Gasteiger partial charge in [0.05, 0.1) is 22.4 Å². The molecule has 78 valence electrons. The second kappa shape index (κ2) is 4.31. The van der Waals surface area contributed by atoms with Gasteiger partial charge in [-0.15, -0.1) is 11.3 Å². The Kier molecular flexibility index (Phi) is 3.27. The smallest absolute Gasteiger partial charge is 0.0701 e. The van der Waals surface area contributed by atoms with Gasteiger partial charge in [-0.3, -0.25) is 0 Å². The SMILES string of the molecule is CCNCC1(c2ccc(Br)s2)COC1. The molecule has 2 rings (SSSR count). The molecular weight excluding hydrogens is 262 g/mol. The molecule has 1 aromatic heterocycles. The van der Waals surface area contributed by atoms with E-state index in [1.807, 2.05) is 11.3 Å². The van der Waals surface area contributed by atoms with Crippen LogP contribution in [0.3, 0.4) is 0 Å². The molecule has 0 saturated carbocycles. The van der Waals surface area contributed by atoms with Crippen molar-refractivity contribution in [3.8, 4) is 0 Å². The quantitative estimate of drug-likeness (QED) is 0.911. The Hall–Kier alpha value is 0.1000. The van der Waals surface area contributed by atoms with Crippen molar-refractivity contribution in [2.75, 3.05) is 26.3 Å². The molecule has 1 fully saturated rings. The van der Waals surface area contributed by atoms with E-state index in [1.54, 1.807) is 0 Å². The average Bonchev–Trinajstić information content (AvgIpc) is 2.51. The topological polar surface area (TPSA) is 21.3 Å². The summed E-state index contributed by atoms with van der Waals surface area (Å²) < 4.78 is 6.55. The molecule has 1 aromatic rings. The van der Waals surface area contributed by atoms with Crippen LogP contribution in [0.25, 0.3) is 0 Å². The van der Waals surface area contributed by atoms with E-state index in [1.165, 1.54) is 8.66 Å². The molecule has 4 heteroatoms. The Morgan fingerprint density at radius 1 is 1.57 bits per heavy atom. The fourth-order valence-corrected chi connectivity index (χ4v) is 3.19. The molecule has 1 N–H and O–H groups in total. The molecule has 0 aromatic carbocycles. The van der Waals surface area contributed by atoms with Crippen LogP contribution in [0, 0.1) is 0 Å². The van der Waals surface area contributed by atoms with Gasteiger partial charge >= 0.3 is 0 Å². The van der Waals surface area contributed by atoms with Gasteiger partial charge in [0.2, 0.25) is 0 Å². The highest BCUT2D eigenvalue weighted by atomic mass is 79.9. The van der Waals surface area contributed by atoms with Crippen molar-refractivity contribution in [2.45, 2.75) is 12.3 Å². The third-order valence-corrected chi connectivity index (χ3v) is 4.44. The summed E-state index contributed by atoms with van der Waals surface area (Å²) in [6.07, 6.45) is 0. The lowest BCUT2D eigenvalue weighted by Crippen LogP contribution is -2.52. The molecule has 1 saturated heterocycles. The summed E-state index contributed by atoms with van der Waals surface area (Å²) in [7, 11) is 0. The Labute approximate surface area is 96.8 Å². The number of halogens is 1. The van der Waals surface area contributed by atoms with Crippen LogP contribution >= 0.6 is 27.3 Å². The number of thiophene rings is 1. The maximum Gasteiger partial charge on any atom is 0.0701 e. The van der Waals surface area contributed by atoms with Gasteiger partial charge < -0.3 is 10.1 Å². The first-order chi connectivity index (χ1) is 6.77. The molecule has 0 atom stereocenters. The van der Waals surface area contributed by atoms with Gasteiger partial charge in [0.15, 0.2) is 0 Å². The molecule has 0 radical (unpaired) electrons. The van der Waals surface area contributed by atoms with Gasteiger partial charge in [0.1, 0.15) is 0 Å². The van der Waals surface area contributed by atoms with E-state index < -0.39 is 0 Å². The van der Waals surface area contributed by atoms with Crippen molar-refractivity contribution in [3.05, 3.63) is 20.8 Å². The molecule has 2 heterocycles. The van der Waals surface area contributed by atoms with Crippen molar-refractivity contribution in [1.82, 2.24) is 5.32 Å². The maximum absolute atomic E-state index is 5.35. The van der Waals surface area contributed by atoms with E-state index in [0.717, 1.165) is 26.3 Å². The summed E-state index contributed by atoms with van der Waals surface area (Å²) >= 11 is 5.32. The number of nitrogens with one attached hydrogen (secondary N) is 1. The van der Waals surface area contributed by atoms with Gasteiger partial charge in [-0.1, -0.05) is 6.92 Å². The molecule has 1 aliphatic heterocycles. The van der Waals surface area contributed by atoms with Crippen molar-refractivity contribution < 1.29 is 4.74 Å². The molecule has 0 unspecified atom stereocenters. The summed E-state index contributed by atoms with van der Waals surface area (Å²) in [5.41, 5.74) is 0.243. The summed E-state index contributed by atoms with van der Waals surface area (Å²) in [6.45, 7) is 5.89. The predicted molar refractivity (Wildman–Crippen MR) is 63.1 cm³/mol. The molecule has 0 amide bonds. The molecule has 0 aliphatic carbocycles. The highest BCUT2D eigenvalue weighted by Gasteiger charge is 2.40. The Morgan fingerprint density at radius 2 is 2.36 bits per heavy atom. The van der Waals surface area contributed by atoms with Crippen LogP contribution in [-0.4, -0.2) is 26.3 Å². The lowest BCUT2D eigenvalue weighted by atomic mass is 9.84. The lowest BCUT2D eigenvalue weighted by Gasteiger charge is -2.41. The minimum absolute atomic E-state index is 0.243. The fraction of sp³-hybridized carbons (Fsp3) is 0.600. The van der Waals surface area contributed by atoms with Crippen LogP contribution in [0.4, 0.5) is 0 Å². The molecule has 1 aliphatic rings. The zero-order valence-electron chi connectivity index (χ0n) is 8.18. The van der Waals surface area contributed by atoms with E-state index in [-0.39, 0.29) is 5.41 Å². The maximum atomic E-state index is 5.35. The van der Waals surface area contributed by atoms with Crippen molar-refractivity contribution >= 4 is 27.3 Å². The van der Waals surface area contributed by atoms with Gasteiger partial charge in [-0.25, -0.2) is 0 Å². The average molecular weight is 276 g/mol. The summed E-state index contributed by atoms with van der Waals surface area (Å²) in [6, 6.07) is 4.32. The first-order valence-electron chi connectivity index (χ1n) is 4.81. The number of rotatable bonds is 4. The van der Waals surface area contributed by atoms with Crippen LogP contribution < -0.4 is 5.32 Å². The van der Waals surface area contributed by atoms with Gasteiger partial charge in [0.25, 0.3) is 0 Å². The van der Waals surface area contributed by atoms with Crippen LogP contribution in [0.2, 0.25) is 0 Å².